The van der Waals surface area contributed by atoms with E-state index in [2.05, 4.69) is 35.8 Å². The Labute approximate surface area is 128 Å². The maximum Gasteiger partial charge on any atom is 0.242 e. The molecular weight excluding hydrogens is 318 g/mol. The van der Waals surface area contributed by atoms with Crippen LogP contribution in [-0.4, -0.2) is 37.0 Å². The molecule has 2 rings (SSSR count). The predicted molar refractivity (Wildman–Crippen MR) is 82.5 cm³/mol. The highest BCUT2D eigenvalue weighted by molar-refractivity contribution is 9.10. The third-order valence-corrected chi connectivity index (χ3v) is 3.82. The molecule has 1 saturated heterocycles. The van der Waals surface area contributed by atoms with Gasteiger partial charge in [-0.15, -0.1) is 0 Å². The van der Waals surface area contributed by atoms with E-state index < -0.39 is 0 Å². The fourth-order valence-corrected chi connectivity index (χ4v) is 2.78. The maximum absolute atomic E-state index is 12.2. The van der Waals surface area contributed by atoms with Gasteiger partial charge in [0.05, 0.1) is 17.8 Å². The number of amides is 1. The Kier molecular flexibility index (Phi) is 4.66. The zero-order valence-corrected chi connectivity index (χ0v) is 13.4. The van der Waals surface area contributed by atoms with Gasteiger partial charge in [-0.05, 0) is 24.1 Å². The van der Waals surface area contributed by atoms with Gasteiger partial charge >= 0.3 is 0 Å². The van der Waals surface area contributed by atoms with Crippen molar-refractivity contribution in [3.8, 4) is 6.07 Å². The molecule has 20 heavy (non-hydrogen) atoms. The average molecular weight is 336 g/mol. The van der Waals surface area contributed by atoms with E-state index in [0.29, 0.717) is 18.0 Å². The summed E-state index contributed by atoms with van der Waals surface area (Å²) >= 11 is 3.36. The summed E-state index contributed by atoms with van der Waals surface area (Å²) in [5, 5.41) is 9.22. The van der Waals surface area contributed by atoms with E-state index in [-0.39, 0.29) is 5.91 Å². The monoisotopic (exact) mass is 335 g/mol. The van der Waals surface area contributed by atoms with Crippen LogP contribution in [0.2, 0.25) is 0 Å². The summed E-state index contributed by atoms with van der Waals surface area (Å²) in [6.07, 6.45) is 0. The number of hydrogen-bond donors (Lipinski definition) is 0. The lowest BCUT2D eigenvalue weighted by atomic mass is 10.1. The number of nitrogens with zero attached hydrogens (tertiary/aromatic N) is 3. The largest absolute Gasteiger partial charge is 0.359 e. The number of carbonyl (C=O) groups excluding carboxylic acids is 1. The van der Waals surface area contributed by atoms with Crippen molar-refractivity contribution in [2.75, 3.05) is 31.1 Å². The minimum absolute atomic E-state index is 0.136. The zero-order chi connectivity index (χ0) is 14.7. The Hall–Kier alpha value is -1.54. The van der Waals surface area contributed by atoms with Gasteiger partial charge in [0, 0.05) is 24.1 Å². The molecule has 0 N–H and O–H groups in total. The first-order valence-electron chi connectivity index (χ1n) is 6.73. The minimum Gasteiger partial charge on any atom is -0.359 e. The molecule has 5 heteroatoms. The highest BCUT2D eigenvalue weighted by Gasteiger charge is 2.25. The molecule has 0 atom stereocenters. The molecule has 0 bridgehead atoms. The van der Waals surface area contributed by atoms with Crippen LogP contribution in [0.5, 0.6) is 0 Å². The first-order chi connectivity index (χ1) is 9.51. The average Bonchev–Trinajstić information content (AvgIpc) is 2.40. The van der Waals surface area contributed by atoms with Crippen molar-refractivity contribution in [1.82, 2.24) is 4.90 Å². The highest BCUT2D eigenvalue weighted by atomic mass is 79.9. The van der Waals surface area contributed by atoms with E-state index in [1.807, 2.05) is 21.9 Å². The van der Waals surface area contributed by atoms with Gasteiger partial charge in [-0.3, -0.25) is 4.79 Å². The molecule has 1 amide bonds. The van der Waals surface area contributed by atoms with Crippen molar-refractivity contribution in [3.05, 3.63) is 28.2 Å². The van der Waals surface area contributed by atoms with Crippen LogP contribution in [0.15, 0.2) is 22.7 Å². The van der Waals surface area contributed by atoms with E-state index >= 15 is 0 Å². The normalized spacial score (nSPS) is 15.7. The van der Waals surface area contributed by atoms with Crippen LogP contribution >= 0.6 is 15.9 Å². The standard InChI is InChI=1S/C15H18BrN3O/c1-11(2)9-19-6-5-18(10-15(19)20)14-4-3-13(16)7-12(14)8-17/h3-4,7,11H,5-6,9-10H2,1-2H3. The van der Waals surface area contributed by atoms with Gasteiger partial charge < -0.3 is 9.80 Å². The summed E-state index contributed by atoms with van der Waals surface area (Å²) < 4.78 is 0.877. The molecule has 1 aromatic rings. The van der Waals surface area contributed by atoms with Crippen LogP contribution in [0.25, 0.3) is 0 Å². The maximum atomic E-state index is 12.2. The Morgan fingerprint density at radius 2 is 2.15 bits per heavy atom. The van der Waals surface area contributed by atoms with Crippen molar-refractivity contribution in [3.63, 3.8) is 0 Å². The number of piperazine rings is 1. The Bertz CT molecular complexity index is 551. The quantitative estimate of drug-likeness (QED) is 0.853. The second-order valence-corrected chi connectivity index (χ2v) is 6.34. The molecule has 1 fully saturated rings. The first kappa shape index (κ1) is 14.9. The van der Waals surface area contributed by atoms with Crippen LogP contribution < -0.4 is 4.90 Å². The van der Waals surface area contributed by atoms with Gasteiger partial charge in [0.15, 0.2) is 0 Å². The third kappa shape index (κ3) is 3.31. The number of rotatable bonds is 3. The lowest BCUT2D eigenvalue weighted by Crippen LogP contribution is -2.51. The molecule has 0 spiro atoms. The molecule has 0 unspecified atom stereocenters. The second kappa shape index (κ2) is 6.27. The molecule has 0 saturated carbocycles. The lowest BCUT2D eigenvalue weighted by Gasteiger charge is -2.36. The van der Waals surface area contributed by atoms with E-state index in [1.165, 1.54) is 0 Å². The molecule has 1 aliphatic rings. The smallest absolute Gasteiger partial charge is 0.242 e. The predicted octanol–water partition coefficient (Wildman–Crippen LogP) is 2.63. The molecule has 1 aliphatic heterocycles. The molecule has 0 radical (unpaired) electrons. The Balaban J connectivity index is 2.14. The van der Waals surface area contributed by atoms with Crippen molar-refractivity contribution in [2.45, 2.75) is 13.8 Å². The summed E-state index contributed by atoms with van der Waals surface area (Å²) in [6, 6.07) is 7.79. The number of anilines is 1. The van der Waals surface area contributed by atoms with Crippen LogP contribution in [0, 0.1) is 17.2 Å². The van der Waals surface area contributed by atoms with Crippen molar-refractivity contribution in [1.29, 1.82) is 5.26 Å². The van der Waals surface area contributed by atoms with Crippen LogP contribution in [0.1, 0.15) is 19.4 Å². The number of nitriles is 1. The minimum atomic E-state index is 0.136. The molecule has 0 aliphatic carbocycles. The van der Waals surface area contributed by atoms with Crippen LogP contribution in [-0.2, 0) is 4.79 Å². The SMILES string of the molecule is CC(C)CN1CCN(c2ccc(Br)cc2C#N)CC1=O. The highest BCUT2D eigenvalue weighted by Crippen LogP contribution is 2.25. The van der Waals surface area contributed by atoms with Gasteiger partial charge in [0.2, 0.25) is 5.91 Å². The first-order valence-corrected chi connectivity index (χ1v) is 7.53. The lowest BCUT2D eigenvalue weighted by molar-refractivity contribution is -0.131. The van der Waals surface area contributed by atoms with Crippen LogP contribution in [0.4, 0.5) is 5.69 Å². The number of halogens is 1. The number of benzene rings is 1. The summed E-state index contributed by atoms with van der Waals surface area (Å²) in [5.41, 5.74) is 1.44. The molecular formula is C15H18BrN3O. The van der Waals surface area contributed by atoms with Crippen molar-refractivity contribution < 1.29 is 4.79 Å². The zero-order valence-electron chi connectivity index (χ0n) is 11.8. The number of hydrogen-bond acceptors (Lipinski definition) is 3. The van der Waals surface area contributed by atoms with Gasteiger partial charge in [-0.2, -0.15) is 5.26 Å². The fraction of sp³-hybridized carbons (Fsp3) is 0.467. The Morgan fingerprint density at radius 1 is 1.40 bits per heavy atom. The fourth-order valence-electron chi connectivity index (χ4n) is 2.42. The van der Waals surface area contributed by atoms with Gasteiger partial charge in [-0.1, -0.05) is 29.8 Å². The summed E-state index contributed by atoms with van der Waals surface area (Å²) in [6.45, 7) is 6.87. The van der Waals surface area contributed by atoms with E-state index in [9.17, 15) is 10.1 Å². The summed E-state index contributed by atoms with van der Waals surface area (Å²) in [4.78, 5) is 16.1. The van der Waals surface area contributed by atoms with Crippen molar-refractivity contribution in [2.24, 2.45) is 5.92 Å². The van der Waals surface area contributed by atoms with E-state index in [0.717, 1.165) is 29.8 Å². The van der Waals surface area contributed by atoms with Gasteiger partial charge in [0.25, 0.3) is 0 Å². The van der Waals surface area contributed by atoms with Crippen LogP contribution in [0.3, 0.4) is 0 Å². The van der Waals surface area contributed by atoms with E-state index in [1.54, 1.807) is 6.07 Å². The van der Waals surface area contributed by atoms with Gasteiger partial charge in [-0.25, -0.2) is 0 Å². The third-order valence-electron chi connectivity index (χ3n) is 3.32. The Morgan fingerprint density at radius 3 is 2.75 bits per heavy atom. The second-order valence-electron chi connectivity index (χ2n) is 5.43. The van der Waals surface area contributed by atoms with E-state index in [4.69, 9.17) is 0 Å². The summed E-state index contributed by atoms with van der Waals surface area (Å²) in [5.74, 6) is 0.615. The topological polar surface area (TPSA) is 47.3 Å². The molecule has 4 nitrogen and oxygen atoms in total. The molecule has 1 heterocycles. The molecule has 1 aromatic carbocycles. The van der Waals surface area contributed by atoms with Gasteiger partial charge in [0.1, 0.15) is 6.07 Å². The molecule has 106 valence electrons. The van der Waals surface area contributed by atoms with Crippen molar-refractivity contribution >= 4 is 27.5 Å². The summed E-state index contributed by atoms with van der Waals surface area (Å²) in [7, 11) is 0. The molecule has 0 aromatic heterocycles. The number of carbonyl (C=O) groups is 1.